The molecule has 0 aliphatic carbocycles. The molecular formula is C19H20F4N3O4S2-. The summed E-state index contributed by atoms with van der Waals surface area (Å²) in [5, 5.41) is 12.4. The minimum atomic E-state index is -4.59. The smallest absolute Gasteiger partial charge is 0.442 e. The highest BCUT2D eigenvalue weighted by Crippen LogP contribution is 2.30. The molecule has 1 heterocycles. The van der Waals surface area contributed by atoms with Crippen LogP contribution >= 0.6 is 11.8 Å². The predicted molar refractivity (Wildman–Crippen MR) is 112 cm³/mol. The maximum atomic E-state index is 13.3. The van der Waals surface area contributed by atoms with Crippen LogP contribution in [0.1, 0.15) is 30.3 Å². The van der Waals surface area contributed by atoms with Crippen LogP contribution in [-0.4, -0.2) is 48.7 Å². The van der Waals surface area contributed by atoms with Crippen molar-refractivity contribution in [2.75, 3.05) is 12.4 Å². The molecule has 0 bridgehead atoms. The van der Waals surface area contributed by atoms with E-state index in [0.717, 1.165) is 0 Å². The van der Waals surface area contributed by atoms with Crippen molar-refractivity contribution in [1.29, 1.82) is 0 Å². The van der Waals surface area contributed by atoms with Crippen LogP contribution in [0.25, 0.3) is 11.1 Å². The molecule has 1 aromatic heterocycles. The lowest BCUT2D eigenvalue weighted by Gasteiger charge is -2.22. The van der Waals surface area contributed by atoms with Crippen LogP contribution in [0.2, 0.25) is 0 Å². The summed E-state index contributed by atoms with van der Waals surface area (Å²) in [6, 6.07) is 7.71. The van der Waals surface area contributed by atoms with Gasteiger partial charge in [0.1, 0.15) is 12.8 Å². The van der Waals surface area contributed by atoms with Gasteiger partial charge in [-0.05, 0) is 35.9 Å². The van der Waals surface area contributed by atoms with Gasteiger partial charge in [-0.3, -0.25) is 14.0 Å². The standard InChI is InChI=1S/C19H21F4N3O4S2/c1-11(26-32(29)30)15-7-6-14(9-24-15)12-2-4-13(5-3-12)18(28)16(8-20)25-17(27)10-31-19(21,22)23/h2-7,9,11,16,18,26,28H,8,10H2,1H3,(H,25,27)(H,29,30)/p-1/t11?,16-,18-/m1/s1. The second kappa shape index (κ2) is 11.7. The maximum Gasteiger partial charge on any atom is 0.442 e. The van der Waals surface area contributed by atoms with E-state index in [4.69, 9.17) is 0 Å². The highest BCUT2D eigenvalue weighted by molar-refractivity contribution is 8.00. The van der Waals surface area contributed by atoms with Gasteiger partial charge in [0.15, 0.2) is 0 Å². The number of rotatable bonds is 10. The molecule has 13 heteroatoms. The molecule has 3 N–H and O–H groups in total. The number of aliphatic hydroxyl groups is 1. The summed E-state index contributed by atoms with van der Waals surface area (Å²) in [5.41, 5.74) is -2.41. The average Bonchev–Trinajstić information content (AvgIpc) is 2.75. The van der Waals surface area contributed by atoms with Gasteiger partial charge in [-0.15, -0.1) is 0 Å². The molecule has 1 aromatic carbocycles. The van der Waals surface area contributed by atoms with Crippen LogP contribution < -0.4 is 10.0 Å². The van der Waals surface area contributed by atoms with Gasteiger partial charge in [-0.25, -0.2) is 9.11 Å². The van der Waals surface area contributed by atoms with E-state index >= 15 is 0 Å². The number of halogens is 4. The third-order valence-electron chi connectivity index (χ3n) is 4.35. The zero-order valence-corrected chi connectivity index (χ0v) is 18.3. The van der Waals surface area contributed by atoms with Crippen molar-refractivity contribution in [1.82, 2.24) is 15.0 Å². The number of carbonyl (C=O) groups is 1. The van der Waals surface area contributed by atoms with Crippen molar-refractivity contribution in [2.24, 2.45) is 0 Å². The van der Waals surface area contributed by atoms with Crippen LogP contribution in [-0.2, 0) is 16.1 Å². The molecule has 0 radical (unpaired) electrons. The minimum absolute atomic E-state index is 0.264. The van der Waals surface area contributed by atoms with E-state index in [2.05, 4.69) is 15.0 Å². The number of benzene rings is 1. The second-order valence-corrected chi connectivity index (χ2v) is 8.42. The molecule has 32 heavy (non-hydrogen) atoms. The number of alkyl halides is 4. The number of aromatic nitrogens is 1. The van der Waals surface area contributed by atoms with E-state index in [0.29, 0.717) is 16.8 Å². The van der Waals surface area contributed by atoms with E-state index in [1.54, 1.807) is 31.2 Å². The molecule has 2 aromatic rings. The Labute approximate surface area is 188 Å². The van der Waals surface area contributed by atoms with Gasteiger partial charge in [0.2, 0.25) is 5.91 Å². The summed E-state index contributed by atoms with van der Waals surface area (Å²) in [6.07, 6.45) is 0.0736. The highest BCUT2D eigenvalue weighted by atomic mass is 32.2. The lowest BCUT2D eigenvalue weighted by molar-refractivity contribution is -0.120. The fourth-order valence-corrected chi connectivity index (χ4v) is 3.53. The Morgan fingerprint density at radius 1 is 1.22 bits per heavy atom. The first-order valence-corrected chi connectivity index (χ1v) is 11.2. The zero-order valence-electron chi connectivity index (χ0n) is 16.6. The Morgan fingerprint density at radius 2 is 1.84 bits per heavy atom. The Balaban J connectivity index is 2.03. The summed E-state index contributed by atoms with van der Waals surface area (Å²) in [5.74, 6) is -1.98. The lowest BCUT2D eigenvalue weighted by atomic mass is 9.99. The molecule has 4 atom stereocenters. The number of pyridine rings is 1. The first-order chi connectivity index (χ1) is 15.0. The molecule has 2 rings (SSSR count). The molecule has 0 saturated carbocycles. The summed E-state index contributed by atoms with van der Waals surface area (Å²) in [6.45, 7) is 0.465. The Morgan fingerprint density at radius 3 is 2.34 bits per heavy atom. The van der Waals surface area contributed by atoms with Crippen molar-refractivity contribution >= 4 is 28.9 Å². The second-order valence-electron chi connectivity index (χ2n) is 6.68. The fourth-order valence-electron chi connectivity index (χ4n) is 2.74. The molecule has 0 aliphatic heterocycles. The predicted octanol–water partition coefficient (Wildman–Crippen LogP) is 2.93. The Hall–Kier alpha value is -2.06. The van der Waals surface area contributed by atoms with E-state index in [1.807, 2.05) is 0 Å². The van der Waals surface area contributed by atoms with Gasteiger partial charge in [0.25, 0.3) is 0 Å². The number of nitrogens with zero attached hydrogens (tertiary/aromatic N) is 1. The van der Waals surface area contributed by atoms with Crippen LogP contribution in [0.15, 0.2) is 42.6 Å². The number of aliphatic hydroxyl groups excluding tert-OH is 1. The molecule has 176 valence electrons. The van der Waals surface area contributed by atoms with E-state index < -0.39 is 65.1 Å². The third kappa shape index (κ3) is 8.13. The van der Waals surface area contributed by atoms with Crippen LogP contribution in [0.4, 0.5) is 17.6 Å². The molecule has 7 nitrogen and oxygen atoms in total. The monoisotopic (exact) mass is 494 g/mol. The van der Waals surface area contributed by atoms with E-state index in [-0.39, 0.29) is 5.56 Å². The number of amides is 1. The van der Waals surface area contributed by atoms with Crippen molar-refractivity contribution in [3.8, 4) is 11.1 Å². The highest BCUT2D eigenvalue weighted by Gasteiger charge is 2.30. The van der Waals surface area contributed by atoms with Gasteiger partial charge in [-0.2, -0.15) is 13.2 Å². The van der Waals surface area contributed by atoms with Crippen molar-refractivity contribution in [3.63, 3.8) is 0 Å². The van der Waals surface area contributed by atoms with Crippen LogP contribution in [0.5, 0.6) is 0 Å². The summed E-state index contributed by atoms with van der Waals surface area (Å²) in [4.78, 5) is 15.8. The average molecular weight is 495 g/mol. The minimum Gasteiger partial charge on any atom is -0.760 e. The number of hydrogen-bond donors (Lipinski definition) is 3. The molecule has 1 amide bonds. The van der Waals surface area contributed by atoms with E-state index in [1.165, 1.54) is 18.3 Å². The summed E-state index contributed by atoms with van der Waals surface area (Å²) < 4.78 is 73.5. The number of nitrogens with one attached hydrogen (secondary N) is 2. The van der Waals surface area contributed by atoms with Crippen molar-refractivity contribution in [3.05, 3.63) is 53.9 Å². The van der Waals surface area contributed by atoms with Gasteiger partial charge in [0.05, 0.1) is 23.5 Å². The van der Waals surface area contributed by atoms with Gasteiger partial charge >= 0.3 is 5.51 Å². The Bertz CT molecular complexity index is 914. The zero-order chi connectivity index (χ0) is 23.9. The Kier molecular flexibility index (Phi) is 9.58. The van der Waals surface area contributed by atoms with Gasteiger partial charge < -0.3 is 15.0 Å². The molecule has 2 unspecified atom stereocenters. The summed E-state index contributed by atoms with van der Waals surface area (Å²) >= 11 is -2.98. The number of carbonyl (C=O) groups excluding carboxylic acids is 1. The molecule has 0 saturated heterocycles. The molecule has 0 aliphatic rings. The third-order valence-corrected chi connectivity index (χ3v) is 5.63. The van der Waals surface area contributed by atoms with Crippen LogP contribution in [0, 0.1) is 0 Å². The van der Waals surface area contributed by atoms with Gasteiger partial charge in [-0.1, -0.05) is 30.3 Å². The number of hydrogen-bond acceptors (Lipinski definition) is 6. The topological polar surface area (TPSA) is 114 Å². The SMILES string of the molecule is CC(NS(=O)[O-])c1ccc(-c2ccc([C@@H](O)[C@@H](CF)NC(=O)CSC(F)(F)F)cc2)cn1. The molecule has 0 spiro atoms. The molecule has 0 fully saturated rings. The summed E-state index contributed by atoms with van der Waals surface area (Å²) in [7, 11) is 0. The first-order valence-electron chi connectivity index (χ1n) is 9.16. The van der Waals surface area contributed by atoms with Crippen molar-refractivity contribution < 1.29 is 36.2 Å². The van der Waals surface area contributed by atoms with E-state index in [9.17, 15) is 36.2 Å². The molecular weight excluding hydrogens is 474 g/mol. The number of thioether (sulfide) groups is 1. The normalized spacial score (nSPS) is 15.6. The van der Waals surface area contributed by atoms with Crippen molar-refractivity contribution in [2.45, 2.75) is 30.6 Å². The quantitative estimate of drug-likeness (QED) is 0.346. The van der Waals surface area contributed by atoms with Crippen LogP contribution in [0.3, 0.4) is 0 Å². The fraction of sp³-hybridized carbons (Fsp3) is 0.368. The first kappa shape index (κ1) is 26.2. The lowest BCUT2D eigenvalue weighted by Crippen LogP contribution is -2.42. The van der Waals surface area contributed by atoms with Gasteiger partial charge in [0, 0.05) is 23.0 Å². The maximum absolute atomic E-state index is 13.3. The largest absolute Gasteiger partial charge is 0.760 e.